The summed E-state index contributed by atoms with van der Waals surface area (Å²) in [6.45, 7) is 8.89. The van der Waals surface area contributed by atoms with Gasteiger partial charge in [0.15, 0.2) is 0 Å². The highest BCUT2D eigenvalue weighted by atomic mass is 14.8. The van der Waals surface area contributed by atoms with Crippen LogP contribution in [0.4, 0.5) is 0 Å². The van der Waals surface area contributed by atoms with Gasteiger partial charge in [-0.2, -0.15) is 0 Å². The van der Waals surface area contributed by atoms with E-state index in [0.29, 0.717) is 5.92 Å². The maximum atomic E-state index is 3.38. The average molecular weight is 219 g/mol. The molecular weight excluding hydrogens is 194 g/mol. The Labute approximate surface area is 100 Å². The van der Waals surface area contributed by atoms with Gasteiger partial charge in [-0.3, -0.25) is 0 Å². The Hall–Kier alpha value is -0.820. The lowest BCUT2D eigenvalue weighted by Gasteiger charge is -2.12. The van der Waals surface area contributed by atoms with Gasteiger partial charge in [-0.15, -0.1) is 0 Å². The normalized spacial score (nSPS) is 12.7. The lowest BCUT2D eigenvalue weighted by Crippen LogP contribution is -2.15. The second-order valence-corrected chi connectivity index (χ2v) is 4.53. The molecule has 1 atom stereocenters. The zero-order valence-corrected chi connectivity index (χ0v) is 10.9. The number of benzene rings is 1. The van der Waals surface area contributed by atoms with Crippen molar-refractivity contribution >= 4 is 0 Å². The van der Waals surface area contributed by atoms with Crippen molar-refractivity contribution in [3.05, 3.63) is 35.4 Å². The molecule has 0 bridgehead atoms. The van der Waals surface area contributed by atoms with Gasteiger partial charge < -0.3 is 5.32 Å². The van der Waals surface area contributed by atoms with E-state index in [-0.39, 0.29) is 0 Å². The van der Waals surface area contributed by atoms with E-state index >= 15 is 0 Å². The zero-order valence-electron chi connectivity index (χ0n) is 10.9. The van der Waals surface area contributed by atoms with E-state index < -0.39 is 0 Å². The van der Waals surface area contributed by atoms with Crippen molar-refractivity contribution in [1.29, 1.82) is 0 Å². The van der Waals surface area contributed by atoms with E-state index in [1.54, 1.807) is 0 Å². The van der Waals surface area contributed by atoms with Gasteiger partial charge in [-0.1, -0.05) is 51.5 Å². The monoisotopic (exact) mass is 219 g/mol. The Morgan fingerprint density at radius 3 is 2.38 bits per heavy atom. The molecule has 0 radical (unpaired) electrons. The number of rotatable bonds is 7. The van der Waals surface area contributed by atoms with Crippen molar-refractivity contribution in [3.8, 4) is 0 Å². The number of aryl methyl sites for hydroxylation is 1. The van der Waals surface area contributed by atoms with E-state index in [1.807, 2.05) is 0 Å². The molecule has 1 aromatic carbocycles. The van der Waals surface area contributed by atoms with Crippen molar-refractivity contribution in [3.63, 3.8) is 0 Å². The smallest absolute Gasteiger partial charge is 0.00433 e. The Kier molecular flexibility index (Phi) is 6.17. The largest absolute Gasteiger partial charge is 0.317 e. The standard InChI is InChI=1S/C15H25N/c1-4-6-14-7-9-15(10-8-14)13(3)11-12-16-5-2/h7-10,13,16H,4-6,11-12H2,1-3H3. The minimum atomic E-state index is 0.662. The molecule has 90 valence electrons. The minimum Gasteiger partial charge on any atom is -0.317 e. The summed E-state index contributed by atoms with van der Waals surface area (Å²) in [7, 11) is 0. The molecule has 0 saturated heterocycles. The van der Waals surface area contributed by atoms with Gasteiger partial charge in [0.1, 0.15) is 0 Å². The summed E-state index contributed by atoms with van der Waals surface area (Å²) < 4.78 is 0. The summed E-state index contributed by atoms with van der Waals surface area (Å²) in [4.78, 5) is 0. The Morgan fingerprint density at radius 1 is 1.12 bits per heavy atom. The van der Waals surface area contributed by atoms with Crippen LogP contribution < -0.4 is 5.32 Å². The molecule has 0 heterocycles. The van der Waals surface area contributed by atoms with Crippen LogP contribution in [0, 0.1) is 0 Å². The van der Waals surface area contributed by atoms with E-state index in [1.165, 1.54) is 30.4 Å². The second-order valence-electron chi connectivity index (χ2n) is 4.53. The zero-order chi connectivity index (χ0) is 11.8. The average Bonchev–Trinajstić information content (AvgIpc) is 2.30. The van der Waals surface area contributed by atoms with Crippen LogP contribution in [0.5, 0.6) is 0 Å². The van der Waals surface area contributed by atoms with Gasteiger partial charge in [-0.25, -0.2) is 0 Å². The highest BCUT2D eigenvalue weighted by Crippen LogP contribution is 2.19. The second kappa shape index (κ2) is 7.45. The molecule has 1 rings (SSSR count). The highest BCUT2D eigenvalue weighted by Gasteiger charge is 2.04. The quantitative estimate of drug-likeness (QED) is 0.689. The molecule has 0 spiro atoms. The van der Waals surface area contributed by atoms with Crippen LogP contribution in [0.15, 0.2) is 24.3 Å². The van der Waals surface area contributed by atoms with E-state index in [4.69, 9.17) is 0 Å². The van der Waals surface area contributed by atoms with Gasteiger partial charge in [-0.05, 0) is 43.0 Å². The fraction of sp³-hybridized carbons (Fsp3) is 0.600. The van der Waals surface area contributed by atoms with Crippen LogP contribution >= 0.6 is 0 Å². The molecule has 0 aliphatic heterocycles. The minimum absolute atomic E-state index is 0.662. The van der Waals surface area contributed by atoms with E-state index in [2.05, 4.69) is 50.4 Å². The molecule has 16 heavy (non-hydrogen) atoms. The SMILES string of the molecule is CCCc1ccc(C(C)CCNCC)cc1. The number of hydrogen-bond acceptors (Lipinski definition) is 1. The molecule has 1 nitrogen and oxygen atoms in total. The summed E-state index contributed by atoms with van der Waals surface area (Å²) in [6, 6.07) is 9.15. The summed E-state index contributed by atoms with van der Waals surface area (Å²) in [6.07, 6.45) is 3.66. The first-order chi connectivity index (χ1) is 7.77. The van der Waals surface area contributed by atoms with Gasteiger partial charge >= 0.3 is 0 Å². The first-order valence-corrected chi connectivity index (χ1v) is 6.57. The first kappa shape index (κ1) is 13.2. The van der Waals surface area contributed by atoms with Crippen molar-refractivity contribution in [2.75, 3.05) is 13.1 Å². The molecule has 0 aliphatic carbocycles. The van der Waals surface area contributed by atoms with E-state index in [9.17, 15) is 0 Å². The molecule has 0 fully saturated rings. The van der Waals surface area contributed by atoms with Crippen LogP contribution in [0.3, 0.4) is 0 Å². The summed E-state index contributed by atoms with van der Waals surface area (Å²) in [5.74, 6) is 0.662. The van der Waals surface area contributed by atoms with Crippen molar-refractivity contribution in [1.82, 2.24) is 5.32 Å². The molecule has 1 unspecified atom stereocenters. The number of nitrogens with one attached hydrogen (secondary N) is 1. The predicted molar refractivity (Wildman–Crippen MR) is 72.0 cm³/mol. The molecule has 0 saturated carbocycles. The van der Waals surface area contributed by atoms with Gasteiger partial charge in [0.2, 0.25) is 0 Å². The lowest BCUT2D eigenvalue weighted by atomic mass is 9.96. The maximum Gasteiger partial charge on any atom is -0.00433 e. The maximum absolute atomic E-state index is 3.38. The Morgan fingerprint density at radius 2 is 1.81 bits per heavy atom. The fourth-order valence-corrected chi connectivity index (χ4v) is 1.96. The third-order valence-corrected chi connectivity index (χ3v) is 3.09. The number of hydrogen-bond donors (Lipinski definition) is 1. The molecule has 0 aliphatic rings. The van der Waals surface area contributed by atoms with Crippen molar-refractivity contribution in [2.24, 2.45) is 0 Å². The van der Waals surface area contributed by atoms with Crippen molar-refractivity contribution in [2.45, 2.75) is 46.0 Å². The predicted octanol–water partition coefficient (Wildman–Crippen LogP) is 3.74. The van der Waals surface area contributed by atoms with E-state index in [0.717, 1.165) is 13.1 Å². The molecule has 0 aromatic heterocycles. The Bertz CT molecular complexity index is 276. The topological polar surface area (TPSA) is 12.0 Å². The molecule has 1 heteroatoms. The fourth-order valence-electron chi connectivity index (χ4n) is 1.96. The van der Waals surface area contributed by atoms with Crippen LogP contribution in [-0.4, -0.2) is 13.1 Å². The molecule has 0 amide bonds. The molecule has 1 N–H and O–H groups in total. The third kappa shape index (κ3) is 4.36. The van der Waals surface area contributed by atoms with Crippen LogP contribution in [-0.2, 0) is 6.42 Å². The lowest BCUT2D eigenvalue weighted by molar-refractivity contribution is 0.608. The summed E-state index contributed by atoms with van der Waals surface area (Å²) in [5, 5.41) is 3.38. The highest BCUT2D eigenvalue weighted by molar-refractivity contribution is 5.25. The third-order valence-electron chi connectivity index (χ3n) is 3.09. The van der Waals surface area contributed by atoms with Crippen LogP contribution in [0.25, 0.3) is 0 Å². The van der Waals surface area contributed by atoms with Gasteiger partial charge in [0.05, 0.1) is 0 Å². The van der Waals surface area contributed by atoms with Crippen LogP contribution in [0.1, 0.15) is 50.7 Å². The summed E-state index contributed by atoms with van der Waals surface area (Å²) in [5.41, 5.74) is 2.93. The Balaban J connectivity index is 2.46. The first-order valence-electron chi connectivity index (χ1n) is 6.57. The summed E-state index contributed by atoms with van der Waals surface area (Å²) >= 11 is 0. The molecule has 1 aromatic rings. The van der Waals surface area contributed by atoms with Crippen molar-refractivity contribution < 1.29 is 0 Å². The van der Waals surface area contributed by atoms with Gasteiger partial charge in [0.25, 0.3) is 0 Å². The van der Waals surface area contributed by atoms with Crippen LogP contribution in [0.2, 0.25) is 0 Å². The molecular formula is C15H25N. The van der Waals surface area contributed by atoms with Gasteiger partial charge in [0, 0.05) is 0 Å².